The number of hydrogen-bond acceptors (Lipinski definition) is 3. The molecule has 5 heteroatoms. The minimum absolute atomic E-state index is 0.199. The van der Waals surface area contributed by atoms with Gasteiger partial charge < -0.3 is 4.74 Å². The van der Waals surface area contributed by atoms with E-state index in [1.165, 1.54) is 11.1 Å². The quantitative estimate of drug-likeness (QED) is 0.257. The van der Waals surface area contributed by atoms with Gasteiger partial charge >= 0.3 is 0 Å². The lowest BCUT2D eigenvalue weighted by Gasteiger charge is -2.15. The van der Waals surface area contributed by atoms with Gasteiger partial charge in [0, 0.05) is 4.91 Å². The standard InChI is InChI=1S/C21H21N3OS/c22-24-23-14-21(20-12-13-26-16-20)25-15-19-10-8-18(9-11-19)7-6-17-4-2-1-3-5-17/h1-5,8-13,16,21H,6-7,14-15H2. The SMILES string of the molecule is [N-]=[N+]=NCC(OCc1ccc(CCc2ccccc2)cc1)c1ccsc1. The molecule has 1 unspecified atom stereocenters. The van der Waals surface area contributed by atoms with Gasteiger partial charge in [-0.1, -0.05) is 59.7 Å². The summed E-state index contributed by atoms with van der Waals surface area (Å²) in [5.41, 5.74) is 13.4. The number of thiophene rings is 1. The smallest absolute Gasteiger partial charge is 0.0893 e. The summed E-state index contributed by atoms with van der Waals surface area (Å²) >= 11 is 1.61. The molecule has 2 aromatic carbocycles. The van der Waals surface area contributed by atoms with Crippen molar-refractivity contribution in [3.8, 4) is 0 Å². The highest BCUT2D eigenvalue weighted by atomic mass is 32.1. The Balaban J connectivity index is 1.53. The average molecular weight is 363 g/mol. The van der Waals surface area contributed by atoms with Crippen molar-refractivity contribution < 1.29 is 4.74 Å². The monoisotopic (exact) mass is 363 g/mol. The van der Waals surface area contributed by atoms with Gasteiger partial charge in [0.1, 0.15) is 0 Å². The average Bonchev–Trinajstić information content (AvgIpc) is 3.23. The highest BCUT2D eigenvalue weighted by Crippen LogP contribution is 2.22. The maximum absolute atomic E-state index is 8.57. The lowest BCUT2D eigenvalue weighted by atomic mass is 10.0. The molecule has 0 saturated heterocycles. The molecular formula is C21H21N3OS. The maximum Gasteiger partial charge on any atom is 0.0893 e. The number of hydrogen-bond donors (Lipinski definition) is 0. The number of nitrogens with zero attached hydrogens (tertiary/aromatic N) is 3. The first-order valence-electron chi connectivity index (χ1n) is 8.61. The second-order valence-electron chi connectivity index (χ2n) is 6.07. The zero-order valence-corrected chi connectivity index (χ0v) is 15.3. The van der Waals surface area contributed by atoms with Gasteiger partial charge in [-0.3, -0.25) is 0 Å². The highest BCUT2D eigenvalue weighted by Gasteiger charge is 2.12. The normalized spacial score (nSPS) is 11.7. The summed E-state index contributed by atoms with van der Waals surface area (Å²) in [5, 5.41) is 7.70. The van der Waals surface area contributed by atoms with Gasteiger partial charge in [-0.25, -0.2) is 0 Å². The van der Waals surface area contributed by atoms with E-state index < -0.39 is 0 Å². The number of aryl methyl sites for hydroxylation is 2. The zero-order chi connectivity index (χ0) is 18.0. The summed E-state index contributed by atoms with van der Waals surface area (Å²) in [4.78, 5) is 2.85. The van der Waals surface area contributed by atoms with E-state index in [4.69, 9.17) is 10.3 Å². The van der Waals surface area contributed by atoms with E-state index in [2.05, 4.69) is 58.6 Å². The van der Waals surface area contributed by atoms with Crippen molar-refractivity contribution in [2.24, 2.45) is 5.11 Å². The first kappa shape index (κ1) is 18.2. The second-order valence-corrected chi connectivity index (χ2v) is 6.85. The molecule has 1 atom stereocenters. The molecule has 3 aromatic rings. The van der Waals surface area contributed by atoms with Crippen molar-refractivity contribution in [2.75, 3.05) is 6.54 Å². The van der Waals surface area contributed by atoms with Crippen LogP contribution in [0.3, 0.4) is 0 Å². The molecule has 4 nitrogen and oxygen atoms in total. The molecular weight excluding hydrogens is 342 g/mol. The van der Waals surface area contributed by atoms with E-state index in [0.29, 0.717) is 13.2 Å². The molecule has 0 bridgehead atoms. The topological polar surface area (TPSA) is 58.0 Å². The molecule has 0 spiro atoms. The lowest BCUT2D eigenvalue weighted by Crippen LogP contribution is -2.07. The van der Waals surface area contributed by atoms with E-state index >= 15 is 0 Å². The summed E-state index contributed by atoms with van der Waals surface area (Å²) in [6.45, 7) is 0.808. The van der Waals surface area contributed by atoms with Gasteiger partial charge in [0.15, 0.2) is 0 Å². The Hall–Kier alpha value is -2.59. The van der Waals surface area contributed by atoms with Gasteiger partial charge in [0.05, 0.1) is 19.3 Å². The maximum atomic E-state index is 8.57. The largest absolute Gasteiger partial charge is 0.369 e. The van der Waals surface area contributed by atoms with E-state index in [1.54, 1.807) is 11.3 Å². The van der Waals surface area contributed by atoms with Crippen molar-refractivity contribution in [1.82, 2.24) is 0 Å². The van der Waals surface area contributed by atoms with Crippen molar-refractivity contribution in [3.05, 3.63) is 104 Å². The fourth-order valence-electron chi connectivity index (χ4n) is 2.76. The third-order valence-corrected chi connectivity index (χ3v) is 4.95. The number of rotatable bonds is 9. The van der Waals surface area contributed by atoms with Crippen molar-refractivity contribution in [2.45, 2.75) is 25.6 Å². The van der Waals surface area contributed by atoms with Crippen LogP contribution in [0.4, 0.5) is 0 Å². The molecule has 0 fully saturated rings. The van der Waals surface area contributed by atoms with Crippen LogP contribution >= 0.6 is 11.3 Å². The molecule has 3 rings (SSSR count). The van der Waals surface area contributed by atoms with Crippen LogP contribution in [0.2, 0.25) is 0 Å². The van der Waals surface area contributed by atoms with Gasteiger partial charge in [-0.05, 0) is 57.5 Å². The predicted molar refractivity (Wildman–Crippen MR) is 106 cm³/mol. The van der Waals surface area contributed by atoms with Crippen LogP contribution in [0.15, 0.2) is 76.5 Å². The number of benzene rings is 2. The Morgan fingerprint density at radius 1 is 0.923 bits per heavy atom. The van der Waals surface area contributed by atoms with Gasteiger partial charge in [-0.2, -0.15) is 11.3 Å². The molecule has 0 radical (unpaired) electrons. The zero-order valence-electron chi connectivity index (χ0n) is 14.5. The minimum atomic E-state index is -0.199. The second kappa shape index (κ2) is 9.78. The van der Waals surface area contributed by atoms with Crippen LogP contribution < -0.4 is 0 Å². The van der Waals surface area contributed by atoms with Crippen LogP contribution in [0, 0.1) is 0 Å². The molecule has 0 N–H and O–H groups in total. The fourth-order valence-corrected chi connectivity index (χ4v) is 3.46. The molecule has 0 amide bonds. The van der Waals surface area contributed by atoms with Crippen molar-refractivity contribution in [3.63, 3.8) is 0 Å². The molecule has 1 heterocycles. The van der Waals surface area contributed by atoms with Crippen LogP contribution in [-0.4, -0.2) is 6.54 Å². The fraction of sp³-hybridized carbons (Fsp3) is 0.238. The lowest BCUT2D eigenvalue weighted by molar-refractivity contribution is 0.0460. The van der Waals surface area contributed by atoms with Crippen LogP contribution in [-0.2, 0) is 24.2 Å². The third kappa shape index (κ3) is 5.46. The summed E-state index contributed by atoms with van der Waals surface area (Å²) in [7, 11) is 0. The van der Waals surface area contributed by atoms with Gasteiger partial charge in [0.2, 0.25) is 0 Å². The molecule has 0 saturated carbocycles. The molecule has 132 valence electrons. The molecule has 1 aromatic heterocycles. The van der Waals surface area contributed by atoms with E-state index in [0.717, 1.165) is 24.0 Å². The highest BCUT2D eigenvalue weighted by molar-refractivity contribution is 7.07. The van der Waals surface area contributed by atoms with Gasteiger partial charge in [-0.15, -0.1) is 0 Å². The first-order valence-corrected chi connectivity index (χ1v) is 9.56. The van der Waals surface area contributed by atoms with Crippen LogP contribution in [0.1, 0.15) is 28.4 Å². The predicted octanol–water partition coefficient (Wildman–Crippen LogP) is 6.10. The molecule has 0 aliphatic rings. The Morgan fingerprint density at radius 3 is 2.27 bits per heavy atom. The summed E-state index contributed by atoms with van der Waals surface area (Å²) in [5.74, 6) is 0. The number of ether oxygens (including phenoxy) is 1. The van der Waals surface area contributed by atoms with E-state index in [-0.39, 0.29) is 6.10 Å². The van der Waals surface area contributed by atoms with E-state index in [9.17, 15) is 0 Å². The molecule has 0 aliphatic heterocycles. The molecule has 0 aliphatic carbocycles. The Bertz CT molecular complexity index is 825. The van der Waals surface area contributed by atoms with Crippen LogP contribution in [0.25, 0.3) is 10.4 Å². The minimum Gasteiger partial charge on any atom is -0.369 e. The summed E-state index contributed by atoms with van der Waals surface area (Å²) in [6, 6.07) is 21.1. The first-order chi connectivity index (χ1) is 12.8. The van der Waals surface area contributed by atoms with E-state index in [1.807, 2.05) is 22.9 Å². The summed E-state index contributed by atoms with van der Waals surface area (Å²) in [6.07, 6.45) is 1.87. The van der Waals surface area contributed by atoms with Gasteiger partial charge in [0.25, 0.3) is 0 Å². The number of azide groups is 1. The Morgan fingerprint density at radius 2 is 1.62 bits per heavy atom. The Kier molecular flexibility index (Phi) is 6.85. The molecule has 26 heavy (non-hydrogen) atoms. The summed E-state index contributed by atoms with van der Waals surface area (Å²) < 4.78 is 5.99. The third-order valence-electron chi connectivity index (χ3n) is 4.25. The van der Waals surface area contributed by atoms with Crippen molar-refractivity contribution >= 4 is 11.3 Å². The van der Waals surface area contributed by atoms with Crippen molar-refractivity contribution in [1.29, 1.82) is 0 Å². The Labute approximate surface area is 157 Å². The van der Waals surface area contributed by atoms with Crippen LogP contribution in [0.5, 0.6) is 0 Å².